The number of halogens is 1. The maximum atomic E-state index is 2.24. The fourth-order valence-electron chi connectivity index (χ4n) is 3.81. The summed E-state index contributed by atoms with van der Waals surface area (Å²) in [5.41, 5.74) is 0. The smallest absolute Gasteiger partial charge is 1.00 e. The van der Waals surface area contributed by atoms with Gasteiger partial charge in [0.15, 0.2) is 0 Å². The summed E-state index contributed by atoms with van der Waals surface area (Å²) in [6.07, 6.45) is 0. The minimum Gasteiger partial charge on any atom is -1.00 e. The molecule has 0 aliphatic heterocycles. The van der Waals surface area contributed by atoms with Crippen molar-refractivity contribution in [3.63, 3.8) is 0 Å². The molecule has 0 aromatic heterocycles. The number of benzene rings is 4. The van der Waals surface area contributed by atoms with Gasteiger partial charge in [0.1, 0.15) is 0 Å². The van der Waals surface area contributed by atoms with Crippen LogP contribution in [0, 0.1) is 0 Å². The quantitative estimate of drug-likeness (QED) is 0.325. The third kappa shape index (κ3) is 3.70. The van der Waals surface area contributed by atoms with Crippen LogP contribution in [0.25, 0.3) is 43.1 Å². The molecule has 0 aliphatic rings. The molecule has 0 heterocycles. The number of fused-ring (bicyclic) bond motifs is 6. The Morgan fingerprint density at radius 1 is 0.357 bits per heavy atom. The van der Waals surface area contributed by atoms with Crippen LogP contribution in [-0.2, 0) is 25.8 Å². The van der Waals surface area contributed by atoms with Crippen molar-refractivity contribution in [2.75, 3.05) is 0 Å². The molecule has 132 valence electrons. The molecule has 28 heavy (non-hydrogen) atoms. The summed E-state index contributed by atoms with van der Waals surface area (Å²) in [7, 11) is 0. The summed E-state index contributed by atoms with van der Waals surface area (Å²) < 4.78 is 0. The van der Waals surface area contributed by atoms with E-state index in [2.05, 4.69) is 109 Å². The Labute approximate surface area is 189 Å². The first-order valence-electron chi connectivity index (χ1n) is 8.96. The van der Waals surface area contributed by atoms with Crippen LogP contribution in [0.1, 0.15) is 0 Å². The van der Waals surface area contributed by atoms with Crippen LogP contribution >= 0.6 is 0 Å². The van der Waals surface area contributed by atoms with Gasteiger partial charge in [-0.1, -0.05) is 72.8 Å². The summed E-state index contributed by atoms with van der Waals surface area (Å²) in [4.78, 5) is 0. The maximum absolute atomic E-state index is 2.24. The zero-order valence-electron chi connectivity index (χ0n) is 15.3. The Morgan fingerprint density at radius 3 is 0.821 bits per heavy atom. The molecule has 0 saturated heterocycles. The summed E-state index contributed by atoms with van der Waals surface area (Å²) in [6, 6.07) is 38.5. The topological polar surface area (TPSA) is 0 Å². The second-order valence-electron chi connectivity index (χ2n) is 6.64. The van der Waals surface area contributed by atoms with Gasteiger partial charge in [-0.05, 0) is 0 Å². The van der Waals surface area contributed by atoms with Crippen LogP contribution in [0.5, 0.6) is 0 Å². The maximum Gasteiger partial charge on any atom is 3.00 e. The van der Waals surface area contributed by atoms with Gasteiger partial charge in [0, 0.05) is 0 Å². The van der Waals surface area contributed by atoms with Crippen molar-refractivity contribution in [1.82, 2.24) is 0 Å². The van der Waals surface area contributed by atoms with Gasteiger partial charge in [0.05, 0.1) is 0 Å². The molecule has 0 unspecified atom stereocenters. The fourth-order valence-corrected chi connectivity index (χ4v) is 3.81. The molecule has 2 heteroatoms. The molecule has 0 spiro atoms. The van der Waals surface area contributed by atoms with Crippen LogP contribution < -0.4 is 12.4 Å². The molecular formula is C26H18ClSc. The molecule has 0 radical (unpaired) electrons. The Bertz CT molecular complexity index is 1130. The molecule has 0 N–H and O–H groups in total. The van der Waals surface area contributed by atoms with Crippen molar-refractivity contribution in [2.45, 2.75) is 0 Å². The van der Waals surface area contributed by atoms with Crippen LogP contribution in [-0.4, -0.2) is 0 Å². The van der Waals surface area contributed by atoms with Gasteiger partial charge in [-0.15, -0.1) is 79.5 Å². The second-order valence-corrected chi connectivity index (χ2v) is 6.64. The molecule has 6 rings (SSSR count). The Kier molecular flexibility index (Phi) is 6.49. The number of rotatable bonds is 0. The van der Waals surface area contributed by atoms with Crippen LogP contribution in [0.3, 0.4) is 0 Å². The zero-order valence-corrected chi connectivity index (χ0v) is 17.9. The summed E-state index contributed by atoms with van der Waals surface area (Å²) in [5.74, 6) is 0. The van der Waals surface area contributed by atoms with Crippen LogP contribution in [0.15, 0.2) is 109 Å². The van der Waals surface area contributed by atoms with Gasteiger partial charge < -0.3 is 12.4 Å². The molecular weight excluding hydrogens is 393 g/mol. The van der Waals surface area contributed by atoms with E-state index in [1.54, 1.807) is 0 Å². The average Bonchev–Trinajstić information content (AvgIpc) is 3.27. The standard InChI is InChI=1S/2C13H9.ClH.Sc/c2*1-3-7-12-10(5-1)9-11-6-2-4-8-13(11)12;;/h2*1-9H;1H;/q2*-1;;+3/p-1. The molecule has 0 aliphatic carbocycles. The molecule has 0 bridgehead atoms. The Hall–Kier alpha value is -2.22. The van der Waals surface area contributed by atoms with E-state index in [-0.39, 0.29) is 38.3 Å². The minimum absolute atomic E-state index is 0. The van der Waals surface area contributed by atoms with Gasteiger partial charge in [0.2, 0.25) is 0 Å². The molecule has 0 saturated carbocycles. The average molecular weight is 411 g/mol. The first kappa shape index (κ1) is 20.5. The fraction of sp³-hybridized carbons (Fsp3) is 0. The van der Waals surface area contributed by atoms with Gasteiger partial charge in [-0.2, -0.15) is 0 Å². The van der Waals surface area contributed by atoms with Crippen molar-refractivity contribution >= 4 is 43.1 Å². The van der Waals surface area contributed by atoms with E-state index in [0.29, 0.717) is 0 Å². The molecule has 0 amide bonds. The summed E-state index contributed by atoms with van der Waals surface area (Å²) >= 11 is 0. The second kappa shape index (κ2) is 8.86. The predicted molar refractivity (Wildman–Crippen MR) is 114 cm³/mol. The van der Waals surface area contributed by atoms with Gasteiger partial charge in [-0.3, -0.25) is 0 Å². The molecule has 6 aromatic rings. The van der Waals surface area contributed by atoms with Gasteiger partial charge in [0.25, 0.3) is 0 Å². The van der Waals surface area contributed by atoms with E-state index in [0.717, 1.165) is 0 Å². The predicted octanol–water partition coefficient (Wildman–Crippen LogP) is 4.43. The normalized spacial score (nSPS) is 10.3. The first-order valence-corrected chi connectivity index (χ1v) is 8.96. The van der Waals surface area contributed by atoms with Gasteiger partial charge in [-0.25, -0.2) is 0 Å². The van der Waals surface area contributed by atoms with Crippen molar-refractivity contribution in [2.24, 2.45) is 0 Å². The number of hydrogen-bond donors (Lipinski definition) is 0. The Morgan fingerprint density at radius 2 is 0.571 bits per heavy atom. The van der Waals surface area contributed by atoms with Crippen molar-refractivity contribution < 1.29 is 38.3 Å². The first-order chi connectivity index (χ1) is 12.9. The monoisotopic (exact) mass is 410 g/mol. The minimum atomic E-state index is 0. The van der Waals surface area contributed by atoms with Crippen LogP contribution in [0.2, 0.25) is 0 Å². The largest absolute Gasteiger partial charge is 3.00 e. The molecule has 0 nitrogen and oxygen atoms in total. The summed E-state index contributed by atoms with van der Waals surface area (Å²) in [6.45, 7) is 0. The molecule has 0 fully saturated rings. The third-order valence-electron chi connectivity index (χ3n) is 5.05. The van der Waals surface area contributed by atoms with E-state index in [4.69, 9.17) is 0 Å². The molecule has 6 aromatic carbocycles. The zero-order chi connectivity index (χ0) is 17.3. The Balaban J connectivity index is 0.000000150. The van der Waals surface area contributed by atoms with Crippen molar-refractivity contribution in [1.29, 1.82) is 0 Å². The van der Waals surface area contributed by atoms with E-state index in [9.17, 15) is 0 Å². The number of hydrogen-bond acceptors (Lipinski definition) is 0. The van der Waals surface area contributed by atoms with E-state index < -0.39 is 0 Å². The SMILES string of the molecule is [Cl-].[Sc+3].c1ccc2c(c1)[cH-]c1ccccc12.c1ccc2c(c1)[cH-]c1ccccc12. The van der Waals surface area contributed by atoms with Crippen molar-refractivity contribution in [3.8, 4) is 0 Å². The van der Waals surface area contributed by atoms with Crippen LogP contribution in [0.4, 0.5) is 0 Å². The van der Waals surface area contributed by atoms with E-state index in [1.165, 1.54) is 43.1 Å². The van der Waals surface area contributed by atoms with Gasteiger partial charge >= 0.3 is 25.8 Å². The summed E-state index contributed by atoms with van der Waals surface area (Å²) in [5, 5.41) is 10.8. The molecule has 0 atom stereocenters. The third-order valence-corrected chi connectivity index (χ3v) is 5.05. The van der Waals surface area contributed by atoms with E-state index >= 15 is 0 Å². The van der Waals surface area contributed by atoms with Crippen molar-refractivity contribution in [3.05, 3.63) is 109 Å². The van der Waals surface area contributed by atoms with E-state index in [1.807, 2.05) is 0 Å².